The first-order chi connectivity index (χ1) is 13.1. The molecule has 3 rings (SSSR count). The first kappa shape index (κ1) is 20.4. The summed E-state index contributed by atoms with van der Waals surface area (Å²) in [5, 5.41) is 6.41. The SMILES string of the molecule is CCCCNC(=O)c1cocn1.Cc1ccc(Nc2ncccc2Cl)cn1. The van der Waals surface area contributed by atoms with Crippen molar-refractivity contribution in [3.8, 4) is 0 Å². The quantitative estimate of drug-likeness (QED) is 0.609. The fourth-order valence-corrected chi connectivity index (χ4v) is 2.12. The molecule has 0 atom stereocenters. The molecule has 0 radical (unpaired) electrons. The molecule has 0 aliphatic rings. The summed E-state index contributed by atoms with van der Waals surface area (Å²) in [7, 11) is 0. The summed E-state index contributed by atoms with van der Waals surface area (Å²) < 4.78 is 4.67. The second-order valence-corrected chi connectivity index (χ2v) is 6.04. The number of nitrogens with one attached hydrogen (secondary N) is 2. The summed E-state index contributed by atoms with van der Waals surface area (Å²) in [4.78, 5) is 23.2. The Morgan fingerprint density at radius 3 is 2.70 bits per heavy atom. The van der Waals surface area contributed by atoms with E-state index in [1.807, 2.05) is 19.1 Å². The van der Waals surface area contributed by atoms with Gasteiger partial charge in [0.1, 0.15) is 12.1 Å². The predicted octanol–water partition coefficient (Wildman–Crippen LogP) is 4.39. The molecule has 0 bridgehead atoms. The molecule has 0 saturated carbocycles. The third-order valence-electron chi connectivity index (χ3n) is 3.41. The number of pyridine rings is 2. The van der Waals surface area contributed by atoms with Gasteiger partial charge in [-0.2, -0.15) is 0 Å². The maximum absolute atomic E-state index is 11.1. The van der Waals surface area contributed by atoms with E-state index in [9.17, 15) is 4.79 Å². The molecular weight excluding hydrogens is 366 g/mol. The molecule has 0 fully saturated rings. The molecule has 27 heavy (non-hydrogen) atoms. The van der Waals surface area contributed by atoms with Crippen molar-refractivity contribution in [1.82, 2.24) is 20.3 Å². The highest BCUT2D eigenvalue weighted by atomic mass is 35.5. The van der Waals surface area contributed by atoms with Gasteiger partial charge in [0.15, 0.2) is 12.1 Å². The Morgan fingerprint density at radius 2 is 2.07 bits per heavy atom. The van der Waals surface area contributed by atoms with Crippen LogP contribution >= 0.6 is 11.6 Å². The van der Waals surface area contributed by atoms with Crippen molar-refractivity contribution < 1.29 is 9.21 Å². The smallest absolute Gasteiger partial charge is 0.273 e. The average molecular weight is 388 g/mol. The summed E-state index contributed by atoms with van der Waals surface area (Å²) in [6, 6.07) is 7.45. The van der Waals surface area contributed by atoms with E-state index in [4.69, 9.17) is 11.6 Å². The zero-order valence-corrected chi connectivity index (χ0v) is 16.0. The zero-order chi connectivity index (χ0) is 19.5. The van der Waals surface area contributed by atoms with Crippen LogP contribution in [0.2, 0.25) is 5.02 Å². The first-order valence-electron chi connectivity index (χ1n) is 8.56. The number of halogens is 1. The molecule has 0 unspecified atom stereocenters. The molecule has 142 valence electrons. The fraction of sp³-hybridized carbons (Fsp3) is 0.263. The average Bonchev–Trinajstić information content (AvgIpc) is 3.21. The highest BCUT2D eigenvalue weighted by molar-refractivity contribution is 6.33. The zero-order valence-electron chi connectivity index (χ0n) is 15.3. The van der Waals surface area contributed by atoms with Gasteiger partial charge < -0.3 is 15.1 Å². The van der Waals surface area contributed by atoms with Gasteiger partial charge in [0, 0.05) is 18.4 Å². The summed E-state index contributed by atoms with van der Waals surface area (Å²) in [6.45, 7) is 4.71. The van der Waals surface area contributed by atoms with E-state index >= 15 is 0 Å². The molecule has 0 aliphatic carbocycles. The summed E-state index contributed by atoms with van der Waals surface area (Å²) in [5.41, 5.74) is 2.19. The molecule has 0 aliphatic heterocycles. The molecule has 3 heterocycles. The van der Waals surface area contributed by atoms with Gasteiger partial charge in [-0.3, -0.25) is 9.78 Å². The molecule has 2 N–H and O–H groups in total. The van der Waals surface area contributed by atoms with Crippen molar-refractivity contribution in [1.29, 1.82) is 0 Å². The van der Waals surface area contributed by atoms with E-state index in [1.54, 1.807) is 24.5 Å². The number of nitrogens with zero attached hydrogens (tertiary/aromatic N) is 3. The van der Waals surface area contributed by atoms with E-state index in [2.05, 4.69) is 36.9 Å². The number of anilines is 2. The van der Waals surface area contributed by atoms with Gasteiger partial charge in [-0.25, -0.2) is 9.97 Å². The number of aromatic nitrogens is 3. The second kappa shape index (κ2) is 10.9. The van der Waals surface area contributed by atoms with Crippen LogP contribution in [0.3, 0.4) is 0 Å². The van der Waals surface area contributed by atoms with Gasteiger partial charge in [-0.05, 0) is 37.6 Å². The highest BCUT2D eigenvalue weighted by Gasteiger charge is 2.06. The van der Waals surface area contributed by atoms with Gasteiger partial charge in [-0.15, -0.1) is 0 Å². The molecule has 3 aromatic rings. The lowest BCUT2D eigenvalue weighted by Crippen LogP contribution is -2.24. The molecule has 0 spiro atoms. The third kappa shape index (κ3) is 7.07. The number of carbonyl (C=O) groups excluding carboxylic acids is 1. The van der Waals surface area contributed by atoms with Crippen LogP contribution in [0.1, 0.15) is 35.9 Å². The Kier molecular flexibility index (Phi) is 8.25. The van der Waals surface area contributed by atoms with Gasteiger partial charge in [0.05, 0.1) is 16.9 Å². The van der Waals surface area contributed by atoms with Crippen LogP contribution in [-0.2, 0) is 0 Å². The predicted molar refractivity (Wildman–Crippen MR) is 105 cm³/mol. The highest BCUT2D eigenvalue weighted by Crippen LogP contribution is 2.21. The van der Waals surface area contributed by atoms with Crippen molar-refractivity contribution >= 4 is 29.0 Å². The topological polar surface area (TPSA) is 92.9 Å². The minimum absolute atomic E-state index is 0.169. The number of hydrogen-bond donors (Lipinski definition) is 2. The van der Waals surface area contributed by atoms with Crippen molar-refractivity contribution in [3.63, 3.8) is 0 Å². The van der Waals surface area contributed by atoms with Crippen LogP contribution in [0.5, 0.6) is 0 Å². The van der Waals surface area contributed by atoms with Crippen molar-refractivity contribution in [2.75, 3.05) is 11.9 Å². The molecular formula is C19H22ClN5O2. The molecule has 0 aromatic carbocycles. The normalized spacial score (nSPS) is 9.89. The Labute approximate surface area is 163 Å². The molecule has 1 amide bonds. The number of rotatable bonds is 6. The number of oxazole rings is 1. The summed E-state index contributed by atoms with van der Waals surface area (Å²) in [6.07, 6.45) is 8.08. The third-order valence-corrected chi connectivity index (χ3v) is 3.72. The van der Waals surface area contributed by atoms with Crippen LogP contribution in [0, 0.1) is 6.92 Å². The molecule has 8 heteroatoms. The van der Waals surface area contributed by atoms with Crippen molar-refractivity contribution in [2.24, 2.45) is 0 Å². The number of amides is 1. The van der Waals surface area contributed by atoms with Crippen molar-refractivity contribution in [3.05, 3.63) is 65.7 Å². The van der Waals surface area contributed by atoms with Gasteiger partial charge in [0.25, 0.3) is 5.91 Å². The minimum atomic E-state index is -0.169. The maximum atomic E-state index is 11.1. The Morgan fingerprint density at radius 1 is 1.22 bits per heavy atom. The van der Waals surface area contributed by atoms with Crippen LogP contribution < -0.4 is 10.6 Å². The second-order valence-electron chi connectivity index (χ2n) is 5.63. The number of unbranched alkanes of at least 4 members (excludes halogenated alkanes) is 1. The monoisotopic (exact) mass is 387 g/mol. The van der Waals surface area contributed by atoms with Crippen molar-refractivity contribution in [2.45, 2.75) is 26.7 Å². The van der Waals surface area contributed by atoms with E-state index in [1.165, 1.54) is 12.7 Å². The first-order valence-corrected chi connectivity index (χ1v) is 8.94. The maximum Gasteiger partial charge on any atom is 0.273 e. The van der Waals surface area contributed by atoms with E-state index < -0.39 is 0 Å². The minimum Gasteiger partial charge on any atom is -0.451 e. The van der Waals surface area contributed by atoms with Crippen LogP contribution in [0.4, 0.5) is 11.5 Å². The van der Waals surface area contributed by atoms with Crippen LogP contribution in [0.15, 0.2) is 53.7 Å². The Balaban J connectivity index is 0.000000199. The fourth-order valence-electron chi connectivity index (χ4n) is 1.95. The van der Waals surface area contributed by atoms with E-state index in [-0.39, 0.29) is 5.91 Å². The van der Waals surface area contributed by atoms with E-state index in [0.29, 0.717) is 23.1 Å². The Hall–Kier alpha value is -2.93. The van der Waals surface area contributed by atoms with Crippen LogP contribution in [0.25, 0.3) is 0 Å². The number of carbonyl (C=O) groups is 1. The van der Waals surface area contributed by atoms with E-state index in [0.717, 1.165) is 24.2 Å². The summed E-state index contributed by atoms with van der Waals surface area (Å²) in [5.74, 6) is 0.474. The van der Waals surface area contributed by atoms with Gasteiger partial charge in [-0.1, -0.05) is 24.9 Å². The number of hydrogen-bond acceptors (Lipinski definition) is 6. The Bertz CT molecular complexity index is 822. The molecule has 0 saturated heterocycles. The lowest BCUT2D eigenvalue weighted by Gasteiger charge is -2.06. The van der Waals surface area contributed by atoms with Gasteiger partial charge >= 0.3 is 0 Å². The number of aryl methyl sites for hydroxylation is 1. The summed E-state index contributed by atoms with van der Waals surface area (Å²) >= 11 is 5.96. The molecule has 7 nitrogen and oxygen atoms in total. The van der Waals surface area contributed by atoms with Crippen LogP contribution in [-0.4, -0.2) is 27.4 Å². The van der Waals surface area contributed by atoms with Gasteiger partial charge in [0.2, 0.25) is 0 Å². The largest absolute Gasteiger partial charge is 0.451 e. The standard InChI is InChI=1S/C11H10ClN3.C8H12N2O2/c1-8-4-5-9(7-14-8)15-11-10(12)3-2-6-13-11;1-2-3-4-9-8(11)7-5-12-6-10-7/h2-7H,1H3,(H,13,15);5-6H,2-4H2,1H3,(H,9,11). The lowest BCUT2D eigenvalue weighted by molar-refractivity contribution is 0.0948. The lowest BCUT2D eigenvalue weighted by atomic mass is 10.3. The molecule has 3 aromatic heterocycles.